The van der Waals surface area contributed by atoms with E-state index < -0.39 is 23.8 Å². The van der Waals surface area contributed by atoms with Crippen molar-refractivity contribution in [3.05, 3.63) is 0 Å². The van der Waals surface area contributed by atoms with Crippen LogP contribution in [0.4, 0.5) is 0 Å². The van der Waals surface area contributed by atoms with E-state index in [1.54, 1.807) is 6.92 Å². The molecule has 5 nitrogen and oxygen atoms in total. The van der Waals surface area contributed by atoms with Gasteiger partial charge in [0, 0.05) is 0 Å². The van der Waals surface area contributed by atoms with Gasteiger partial charge >= 0.3 is 0 Å². The van der Waals surface area contributed by atoms with Gasteiger partial charge in [-0.25, -0.2) is 4.90 Å². The molecule has 0 bridgehead atoms. The summed E-state index contributed by atoms with van der Waals surface area (Å²) >= 11 is 0. The van der Waals surface area contributed by atoms with Gasteiger partial charge in [0.25, 0.3) is 0 Å². The fraction of sp³-hybridized carbons (Fsp3) is 1.00. The molecule has 3 unspecified atom stereocenters. The van der Waals surface area contributed by atoms with Gasteiger partial charge in [-0.15, -0.1) is 0 Å². The lowest BCUT2D eigenvalue weighted by molar-refractivity contribution is -0.287. The van der Waals surface area contributed by atoms with Gasteiger partial charge in [0.2, 0.25) is 0 Å². The molecule has 0 radical (unpaired) electrons. The van der Waals surface area contributed by atoms with Gasteiger partial charge in [-0.05, 0) is 34.1 Å². The summed E-state index contributed by atoms with van der Waals surface area (Å²) in [4.78, 5) is 1.06. The number of rotatable bonds is 5. The molecule has 0 heterocycles. The fourth-order valence-corrected chi connectivity index (χ4v) is 1.94. The molecule has 0 aromatic carbocycles. The maximum atomic E-state index is 10.1. The summed E-state index contributed by atoms with van der Waals surface area (Å²) in [6.45, 7) is 7.39. The standard InChI is InChI=1S/C10H23NO4/c1-6-8(13)10(5,15)11(7(2)12)9(3,4)14/h7-8,12-15H,6H2,1-5H3. The number of nitrogens with zero attached hydrogens (tertiary/aromatic N) is 1. The molecule has 0 rings (SSSR count). The molecule has 0 aliphatic rings. The molecule has 0 fully saturated rings. The van der Waals surface area contributed by atoms with Crippen molar-refractivity contribution in [1.29, 1.82) is 0 Å². The van der Waals surface area contributed by atoms with Gasteiger partial charge in [-0.3, -0.25) is 0 Å². The second-order valence-corrected chi connectivity index (χ2v) is 4.51. The predicted octanol–water partition coefficient (Wildman–Crippen LogP) is -0.166. The zero-order valence-corrected chi connectivity index (χ0v) is 10.1. The second-order valence-electron chi connectivity index (χ2n) is 4.51. The van der Waals surface area contributed by atoms with Crippen molar-refractivity contribution in [2.24, 2.45) is 0 Å². The predicted molar refractivity (Wildman–Crippen MR) is 56.7 cm³/mol. The average molecular weight is 221 g/mol. The van der Waals surface area contributed by atoms with Crippen LogP contribution in [0.15, 0.2) is 0 Å². The minimum Gasteiger partial charge on any atom is -0.389 e. The van der Waals surface area contributed by atoms with E-state index in [0.717, 1.165) is 4.90 Å². The molecule has 3 atom stereocenters. The average Bonchev–Trinajstić information content (AvgIpc) is 1.98. The maximum Gasteiger partial charge on any atom is 0.145 e. The summed E-state index contributed by atoms with van der Waals surface area (Å²) in [5.74, 6) is 0. The summed E-state index contributed by atoms with van der Waals surface area (Å²) in [7, 11) is 0. The Hall–Kier alpha value is -0.200. The molecule has 0 amide bonds. The Morgan fingerprint density at radius 3 is 1.73 bits per heavy atom. The van der Waals surface area contributed by atoms with Crippen LogP contribution >= 0.6 is 0 Å². The molecular formula is C10H23NO4. The Labute approximate surface area is 91.0 Å². The van der Waals surface area contributed by atoms with Crippen LogP contribution < -0.4 is 0 Å². The van der Waals surface area contributed by atoms with E-state index >= 15 is 0 Å². The highest BCUT2D eigenvalue weighted by atomic mass is 16.4. The van der Waals surface area contributed by atoms with Crippen molar-refractivity contribution in [2.45, 2.75) is 64.8 Å². The molecule has 4 N–H and O–H groups in total. The molecule has 0 aromatic heterocycles. The third-order valence-corrected chi connectivity index (χ3v) is 2.47. The molecular weight excluding hydrogens is 198 g/mol. The first-order valence-corrected chi connectivity index (χ1v) is 5.15. The summed E-state index contributed by atoms with van der Waals surface area (Å²) in [6.07, 6.45) is -1.79. The van der Waals surface area contributed by atoms with E-state index in [9.17, 15) is 20.4 Å². The Morgan fingerprint density at radius 2 is 1.53 bits per heavy atom. The van der Waals surface area contributed by atoms with Gasteiger partial charge in [0.1, 0.15) is 17.7 Å². The monoisotopic (exact) mass is 221 g/mol. The topological polar surface area (TPSA) is 84.2 Å². The fourth-order valence-electron chi connectivity index (χ4n) is 1.94. The largest absolute Gasteiger partial charge is 0.389 e. The van der Waals surface area contributed by atoms with E-state index in [1.807, 2.05) is 0 Å². The smallest absolute Gasteiger partial charge is 0.145 e. The molecule has 0 saturated carbocycles. The number of aliphatic hydroxyl groups is 4. The van der Waals surface area contributed by atoms with E-state index in [0.29, 0.717) is 6.42 Å². The first kappa shape index (κ1) is 14.8. The highest BCUT2D eigenvalue weighted by Crippen LogP contribution is 2.27. The molecule has 92 valence electrons. The number of hydrogen-bond acceptors (Lipinski definition) is 5. The van der Waals surface area contributed by atoms with Crippen molar-refractivity contribution in [1.82, 2.24) is 4.90 Å². The molecule has 0 aliphatic carbocycles. The molecule has 15 heavy (non-hydrogen) atoms. The number of hydrogen-bond donors (Lipinski definition) is 4. The van der Waals surface area contributed by atoms with Crippen LogP contribution in [0.25, 0.3) is 0 Å². The lowest BCUT2D eigenvalue weighted by Gasteiger charge is -2.47. The Balaban J connectivity index is 5.08. The second kappa shape index (κ2) is 4.76. The first-order chi connectivity index (χ1) is 6.55. The van der Waals surface area contributed by atoms with Crippen LogP contribution in [0.3, 0.4) is 0 Å². The summed E-state index contributed by atoms with van der Waals surface area (Å²) < 4.78 is 0. The van der Waals surface area contributed by atoms with Gasteiger partial charge in [0.15, 0.2) is 0 Å². The van der Waals surface area contributed by atoms with Crippen molar-refractivity contribution < 1.29 is 20.4 Å². The van der Waals surface area contributed by atoms with E-state index in [2.05, 4.69) is 0 Å². The van der Waals surface area contributed by atoms with Gasteiger partial charge < -0.3 is 20.4 Å². The Kier molecular flexibility index (Phi) is 4.69. The van der Waals surface area contributed by atoms with Gasteiger partial charge in [-0.1, -0.05) is 6.92 Å². The normalized spacial score (nSPS) is 21.2. The highest BCUT2D eigenvalue weighted by Gasteiger charge is 2.45. The van der Waals surface area contributed by atoms with Crippen LogP contribution in [0.5, 0.6) is 0 Å². The lowest BCUT2D eigenvalue weighted by Crippen LogP contribution is -2.65. The lowest BCUT2D eigenvalue weighted by atomic mass is 10.0. The van der Waals surface area contributed by atoms with E-state index in [1.165, 1.54) is 27.7 Å². The van der Waals surface area contributed by atoms with Crippen LogP contribution in [0, 0.1) is 0 Å². The number of aliphatic hydroxyl groups excluding tert-OH is 2. The zero-order chi connectivity index (χ0) is 12.4. The molecule has 5 heteroatoms. The minimum absolute atomic E-state index is 0.326. The third-order valence-electron chi connectivity index (χ3n) is 2.47. The van der Waals surface area contributed by atoms with Crippen molar-refractivity contribution in [2.75, 3.05) is 0 Å². The summed E-state index contributed by atoms with van der Waals surface area (Å²) in [5.41, 5.74) is -3.10. The quantitative estimate of drug-likeness (QED) is 0.485. The van der Waals surface area contributed by atoms with Crippen LogP contribution in [0.1, 0.15) is 41.0 Å². The van der Waals surface area contributed by atoms with E-state index in [4.69, 9.17) is 0 Å². The van der Waals surface area contributed by atoms with Gasteiger partial charge in [-0.2, -0.15) is 0 Å². The third kappa shape index (κ3) is 3.39. The minimum atomic E-state index is -1.68. The Bertz CT molecular complexity index is 198. The van der Waals surface area contributed by atoms with E-state index in [-0.39, 0.29) is 0 Å². The molecule has 0 aliphatic heterocycles. The van der Waals surface area contributed by atoms with Crippen molar-refractivity contribution in [3.63, 3.8) is 0 Å². The van der Waals surface area contributed by atoms with Crippen LogP contribution in [0.2, 0.25) is 0 Å². The molecule has 0 aromatic rings. The SMILES string of the molecule is CCC(O)C(C)(O)N(C(C)O)C(C)(C)O. The molecule has 0 spiro atoms. The first-order valence-electron chi connectivity index (χ1n) is 5.15. The maximum absolute atomic E-state index is 10.1. The van der Waals surface area contributed by atoms with Crippen LogP contribution in [-0.4, -0.2) is 49.1 Å². The Morgan fingerprint density at radius 1 is 1.13 bits per heavy atom. The van der Waals surface area contributed by atoms with Crippen LogP contribution in [-0.2, 0) is 0 Å². The van der Waals surface area contributed by atoms with Crippen molar-refractivity contribution >= 4 is 0 Å². The molecule has 0 saturated heterocycles. The highest BCUT2D eigenvalue weighted by molar-refractivity contribution is 4.87. The zero-order valence-electron chi connectivity index (χ0n) is 10.1. The van der Waals surface area contributed by atoms with Crippen molar-refractivity contribution in [3.8, 4) is 0 Å². The van der Waals surface area contributed by atoms with Gasteiger partial charge in [0.05, 0.1) is 6.10 Å². The summed E-state index contributed by atoms with van der Waals surface area (Å²) in [6, 6.07) is 0. The summed E-state index contributed by atoms with van der Waals surface area (Å²) in [5, 5.41) is 39.1.